The van der Waals surface area contributed by atoms with E-state index in [0.717, 1.165) is 0 Å². The van der Waals surface area contributed by atoms with Gasteiger partial charge in [-0.3, -0.25) is 0 Å². The maximum absolute atomic E-state index is 4.66. The van der Waals surface area contributed by atoms with Gasteiger partial charge >= 0.3 is 0 Å². The summed E-state index contributed by atoms with van der Waals surface area (Å²) < 4.78 is 9.31. The zero-order chi connectivity index (χ0) is 4.83. The molecular formula is C4H10ErO2. The van der Waals surface area contributed by atoms with Crippen LogP contribution in [0.15, 0.2) is 0 Å². The smallest absolute Gasteiger partial charge is 0.0696 e. The summed E-state index contributed by atoms with van der Waals surface area (Å²) in [6, 6.07) is 0. The molecule has 0 amide bonds. The van der Waals surface area contributed by atoms with E-state index in [1.807, 2.05) is 0 Å². The topological polar surface area (TPSA) is 18.5 Å². The third kappa shape index (κ3) is 11.0. The summed E-state index contributed by atoms with van der Waals surface area (Å²) in [4.78, 5) is 0. The van der Waals surface area contributed by atoms with E-state index in [4.69, 9.17) is 0 Å². The van der Waals surface area contributed by atoms with E-state index < -0.39 is 0 Å². The zero-order valence-corrected chi connectivity index (χ0v) is 6.37. The van der Waals surface area contributed by atoms with Crippen LogP contribution in [0.3, 0.4) is 0 Å². The van der Waals surface area contributed by atoms with Crippen LogP contribution in [0, 0.1) is 37.3 Å². The van der Waals surface area contributed by atoms with E-state index in [2.05, 4.69) is 9.47 Å². The first kappa shape index (κ1) is 11.0. The van der Waals surface area contributed by atoms with Gasteiger partial charge in [-0.1, -0.05) is 0 Å². The van der Waals surface area contributed by atoms with Crippen LogP contribution in [0.2, 0.25) is 0 Å². The molecule has 0 atom stereocenters. The number of hydrogen-bond donors (Lipinski definition) is 0. The Balaban J connectivity index is 0. The fourth-order valence-corrected chi connectivity index (χ4v) is 0.167. The van der Waals surface area contributed by atoms with E-state index in [1.165, 1.54) is 0 Å². The molecule has 2 nitrogen and oxygen atoms in total. The SMILES string of the molecule is COCCOC.[Er]. The third-order valence-corrected chi connectivity index (χ3v) is 0.492. The van der Waals surface area contributed by atoms with E-state index >= 15 is 0 Å². The molecule has 0 heterocycles. The molecule has 0 aromatic rings. The molecule has 0 aliphatic rings. The maximum Gasteiger partial charge on any atom is 0.0696 e. The van der Waals surface area contributed by atoms with Crippen molar-refractivity contribution >= 4 is 0 Å². The minimum absolute atomic E-state index is 0. The molecule has 0 rings (SSSR count). The van der Waals surface area contributed by atoms with Crippen LogP contribution in [0.1, 0.15) is 0 Å². The molecular weight excluding hydrogens is 247 g/mol. The molecule has 0 bridgehead atoms. The van der Waals surface area contributed by atoms with Gasteiger partial charge in [-0.05, 0) is 0 Å². The molecule has 0 radical (unpaired) electrons. The summed E-state index contributed by atoms with van der Waals surface area (Å²) in [5.41, 5.74) is 0. The van der Waals surface area contributed by atoms with Crippen LogP contribution in [-0.2, 0) is 9.47 Å². The van der Waals surface area contributed by atoms with Crippen LogP contribution >= 0.6 is 0 Å². The van der Waals surface area contributed by atoms with Gasteiger partial charge in [0.15, 0.2) is 0 Å². The molecule has 0 aliphatic heterocycles. The van der Waals surface area contributed by atoms with Crippen molar-refractivity contribution in [1.29, 1.82) is 0 Å². The Morgan fingerprint density at radius 2 is 1.29 bits per heavy atom. The first-order valence-corrected chi connectivity index (χ1v) is 1.89. The molecule has 0 aliphatic carbocycles. The molecule has 0 aromatic carbocycles. The van der Waals surface area contributed by atoms with E-state index in [0.29, 0.717) is 13.2 Å². The second-order valence-corrected chi connectivity index (χ2v) is 0.986. The predicted octanol–water partition coefficient (Wildman–Crippen LogP) is 0.279. The molecule has 7 heavy (non-hydrogen) atoms. The Kier molecular flexibility index (Phi) is 16.1. The maximum atomic E-state index is 4.66. The van der Waals surface area contributed by atoms with Crippen LogP contribution in [0.4, 0.5) is 0 Å². The average Bonchev–Trinajstić information content (AvgIpc) is 1.61. The van der Waals surface area contributed by atoms with Gasteiger partial charge < -0.3 is 9.47 Å². The summed E-state index contributed by atoms with van der Waals surface area (Å²) in [5, 5.41) is 0. The van der Waals surface area contributed by atoms with E-state index in [1.54, 1.807) is 14.2 Å². The van der Waals surface area contributed by atoms with Crippen molar-refractivity contribution in [3.05, 3.63) is 0 Å². The molecule has 0 saturated heterocycles. The van der Waals surface area contributed by atoms with Gasteiger partial charge in [0, 0.05) is 51.5 Å². The zero-order valence-electron chi connectivity index (χ0n) is 4.52. The summed E-state index contributed by atoms with van der Waals surface area (Å²) in [6.45, 7) is 1.38. The molecule has 0 spiro atoms. The first-order chi connectivity index (χ1) is 2.91. The van der Waals surface area contributed by atoms with Crippen molar-refractivity contribution < 1.29 is 46.8 Å². The number of hydrogen-bond acceptors (Lipinski definition) is 2. The average molecular weight is 257 g/mol. The Morgan fingerprint density at radius 3 is 1.43 bits per heavy atom. The predicted molar refractivity (Wildman–Crippen MR) is 23.8 cm³/mol. The van der Waals surface area contributed by atoms with Crippen LogP contribution < -0.4 is 0 Å². The van der Waals surface area contributed by atoms with Crippen molar-refractivity contribution in [2.24, 2.45) is 0 Å². The fourth-order valence-electron chi connectivity index (χ4n) is 0.167. The molecule has 0 aromatic heterocycles. The van der Waals surface area contributed by atoms with Crippen molar-refractivity contribution in [2.75, 3.05) is 27.4 Å². The Labute approximate surface area is 73.8 Å². The van der Waals surface area contributed by atoms with Gasteiger partial charge in [0.05, 0.1) is 13.2 Å². The van der Waals surface area contributed by atoms with Crippen LogP contribution in [0.25, 0.3) is 0 Å². The van der Waals surface area contributed by atoms with Crippen molar-refractivity contribution in [1.82, 2.24) is 0 Å². The standard InChI is InChI=1S/C4H10O2.Er/c1-5-3-4-6-2;/h3-4H2,1-2H3;. The summed E-state index contributed by atoms with van der Waals surface area (Å²) >= 11 is 0. The monoisotopic (exact) mass is 256 g/mol. The molecule has 0 fully saturated rings. The van der Waals surface area contributed by atoms with Gasteiger partial charge in [-0.2, -0.15) is 0 Å². The second-order valence-electron chi connectivity index (χ2n) is 0.986. The van der Waals surface area contributed by atoms with E-state index in [9.17, 15) is 0 Å². The molecule has 0 saturated carbocycles. The summed E-state index contributed by atoms with van der Waals surface area (Å²) in [6.07, 6.45) is 0. The molecule has 0 unspecified atom stereocenters. The first-order valence-electron chi connectivity index (χ1n) is 1.89. The minimum Gasteiger partial charge on any atom is -0.382 e. The normalized spacial score (nSPS) is 7.71. The van der Waals surface area contributed by atoms with Gasteiger partial charge in [0.2, 0.25) is 0 Å². The number of rotatable bonds is 3. The van der Waals surface area contributed by atoms with E-state index in [-0.39, 0.29) is 37.3 Å². The Bertz CT molecular complexity index is 21.7. The Hall–Kier alpha value is 1.17. The van der Waals surface area contributed by atoms with Gasteiger partial charge in [-0.25, -0.2) is 0 Å². The second kappa shape index (κ2) is 10.2. The van der Waals surface area contributed by atoms with Crippen molar-refractivity contribution in [3.8, 4) is 0 Å². The largest absolute Gasteiger partial charge is 0.382 e. The summed E-state index contributed by atoms with van der Waals surface area (Å²) in [7, 11) is 3.30. The summed E-state index contributed by atoms with van der Waals surface area (Å²) in [5.74, 6) is 0. The van der Waals surface area contributed by atoms with Crippen LogP contribution in [-0.4, -0.2) is 27.4 Å². The number of ether oxygens (including phenoxy) is 2. The quantitative estimate of drug-likeness (QED) is 0.676. The Morgan fingerprint density at radius 1 is 1.00 bits per heavy atom. The van der Waals surface area contributed by atoms with Crippen molar-refractivity contribution in [2.45, 2.75) is 0 Å². The third-order valence-electron chi connectivity index (χ3n) is 0.492. The minimum atomic E-state index is 0. The molecule has 50 valence electrons. The van der Waals surface area contributed by atoms with Crippen molar-refractivity contribution in [3.63, 3.8) is 0 Å². The molecule has 0 N–H and O–H groups in total. The van der Waals surface area contributed by atoms with Crippen LogP contribution in [0.5, 0.6) is 0 Å². The molecule has 3 heteroatoms. The van der Waals surface area contributed by atoms with Gasteiger partial charge in [-0.15, -0.1) is 0 Å². The fraction of sp³-hybridized carbons (Fsp3) is 1.00. The number of methoxy groups -OCH3 is 2. The van der Waals surface area contributed by atoms with Gasteiger partial charge in [0.25, 0.3) is 0 Å². The van der Waals surface area contributed by atoms with Gasteiger partial charge in [0.1, 0.15) is 0 Å².